The number of fused-ring (bicyclic) bond motifs is 1. The van der Waals surface area contributed by atoms with Gasteiger partial charge in [-0.3, -0.25) is 4.99 Å². The smallest absolute Gasteiger partial charge is 0.127 e. The van der Waals surface area contributed by atoms with Crippen molar-refractivity contribution in [3.05, 3.63) is 59.1 Å². The SMILES string of the molecule is Clc1cccc(CN=C2Nc3ccccc3NC23CC[15NH]CC3)c1. The Hall–Kier alpha value is -2.04. The van der Waals surface area contributed by atoms with E-state index in [9.17, 15) is 0 Å². The molecular weight excluding hydrogens is 321 g/mol. The van der Waals surface area contributed by atoms with Crippen molar-refractivity contribution in [2.75, 3.05) is 23.7 Å². The molecule has 2 aliphatic heterocycles. The molecule has 5 heteroatoms. The molecule has 24 heavy (non-hydrogen) atoms. The zero-order chi connectivity index (χ0) is 16.4. The van der Waals surface area contributed by atoms with Crippen LogP contribution in [0.15, 0.2) is 53.5 Å². The van der Waals surface area contributed by atoms with Crippen LogP contribution in [0.25, 0.3) is 0 Å². The summed E-state index contributed by atoms with van der Waals surface area (Å²) in [4.78, 5) is 4.93. The topological polar surface area (TPSA) is 48.5 Å². The van der Waals surface area contributed by atoms with Crippen molar-refractivity contribution in [1.82, 2.24) is 5.32 Å². The molecule has 0 radical (unpaired) electrons. The van der Waals surface area contributed by atoms with Gasteiger partial charge in [0.05, 0.1) is 23.5 Å². The van der Waals surface area contributed by atoms with E-state index in [0.29, 0.717) is 6.54 Å². The Morgan fingerprint density at radius 2 is 1.79 bits per heavy atom. The summed E-state index contributed by atoms with van der Waals surface area (Å²) < 4.78 is 0. The molecule has 0 aliphatic carbocycles. The zero-order valence-corrected chi connectivity index (χ0v) is 14.2. The minimum atomic E-state index is -0.113. The Balaban J connectivity index is 1.66. The average Bonchev–Trinajstić information content (AvgIpc) is 2.61. The minimum absolute atomic E-state index is 0.113. The molecule has 2 aliphatic rings. The number of para-hydroxylation sites is 2. The van der Waals surface area contributed by atoms with Gasteiger partial charge in [0.15, 0.2) is 0 Å². The summed E-state index contributed by atoms with van der Waals surface area (Å²) in [7, 11) is 0. The van der Waals surface area contributed by atoms with Crippen molar-refractivity contribution < 1.29 is 0 Å². The van der Waals surface area contributed by atoms with E-state index in [1.165, 1.54) is 0 Å². The molecule has 0 amide bonds. The van der Waals surface area contributed by atoms with Crippen LogP contribution in [0.5, 0.6) is 0 Å². The molecule has 0 aromatic heterocycles. The maximum Gasteiger partial charge on any atom is 0.127 e. The van der Waals surface area contributed by atoms with Gasteiger partial charge < -0.3 is 16.0 Å². The highest BCUT2D eigenvalue weighted by Gasteiger charge is 2.40. The van der Waals surface area contributed by atoms with E-state index in [2.05, 4.69) is 40.2 Å². The maximum absolute atomic E-state index is 6.09. The summed E-state index contributed by atoms with van der Waals surface area (Å²) in [6, 6.07) is 16.2. The molecule has 0 bridgehead atoms. The van der Waals surface area contributed by atoms with E-state index in [4.69, 9.17) is 16.6 Å². The molecule has 1 saturated heterocycles. The van der Waals surface area contributed by atoms with Crippen molar-refractivity contribution in [2.45, 2.75) is 24.9 Å². The molecule has 4 nitrogen and oxygen atoms in total. The molecule has 0 unspecified atom stereocenters. The molecule has 2 aromatic carbocycles. The number of aliphatic imine (C=N–C) groups is 1. The highest BCUT2D eigenvalue weighted by molar-refractivity contribution is 6.30. The number of benzene rings is 2. The molecule has 1 fully saturated rings. The summed E-state index contributed by atoms with van der Waals surface area (Å²) in [5.74, 6) is 1.03. The fraction of sp³-hybridized carbons (Fsp3) is 0.316. The molecule has 0 atom stereocenters. The van der Waals surface area contributed by atoms with Crippen molar-refractivity contribution in [2.24, 2.45) is 4.99 Å². The van der Waals surface area contributed by atoms with Gasteiger partial charge in [0.1, 0.15) is 5.84 Å². The largest absolute Gasteiger partial charge is 0.371 e. The lowest BCUT2D eigenvalue weighted by Gasteiger charge is -2.44. The summed E-state index contributed by atoms with van der Waals surface area (Å²) in [5.41, 5.74) is 3.25. The monoisotopic (exact) mass is 341 g/mol. The fourth-order valence-electron chi connectivity index (χ4n) is 3.48. The Kier molecular flexibility index (Phi) is 4.17. The van der Waals surface area contributed by atoms with Gasteiger partial charge in [0, 0.05) is 5.02 Å². The van der Waals surface area contributed by atoms with Gasteiger partial charge in [-0.15, -0.1) is 0 Å². The maximum atomic E-state index is 6.09. The van der Waals surface area contributed by atoms with Crippen LogP contribution in [0.2, 0.25) is 5.02 Å². The van der Waals surface area contributed by atoms with E-state index in [0.717, 1.165) is 53.7 Å². The van der Waals surface area contributed by atoms with Gasteiger partial charge >= 0.3 is 0 Å². The number of hydrogen-bond donors (Lipinski definition) is 3. The molecule has 1 spiro atoms. The van der Waals surface area contributed by atoms with E-state index in [1.807, 2.05) is 24.3 Å². The van der Waals surface area contributed by atoms with E-state index < -0.39 is 0 Å². The van der Waals surface area contributed by atoms with Crippen LogP contribution >= 0.6 is 11.6 Å². The Bertz CT molecular complexity index is 765. The third kappa shape index (κ3) is 2.99. The van der Waals surface area contributed by atoms with Crippen molar-refractivity contribution >= 4 is 28.8 Å². The van der Waals surface area contributed by atoms with Crippen molar-refractivity contribution in [3.63, 3.8) is 0 Å². The van der Waals surface area contributed by atoms with Crippen LogP contribution in [0.1, 0.15) is 18.4 Å². The number of hydrogen-bond acceptors (Lipinski definition) is 3. The molecule has 2 aromatic rings. The lowest BCUT2D eigenvalue weighted by molar-refractivity contribution is 0.419. The number of nitrogens with one attached hydrogen (secondary N) is 3. The lowest BCUT2D eigenvalue weighted by Crippen LogP contribution is -2.57. The number of piperidine rings is 1. The van der Waals surface area contributed by atoms with Crippen LogP contribution in [0, 0.1) is 0 Å². The first kappa shape index (κ1) is 15.5. The number of amidine groups is 1. The van der Waals surface area contributed by atoms with Gasteiger partial charge in [-0.1, -0.05) is 35.9 Å². The second-order valence-electron chi connectivity index (χ2n) is 6.42. The number of rotatable bonds is 2. The second-order valence-corrected chi connectivity index (χ2v) is 6.86. The van der Waals surface area contributed by atoms with Gasteiger partial charge in [-0.2, -0.15) is 0 Å². The van der Waals surface area contributed by atoms with Crippen molar-refractivity contribution in [3.8, 4) is 0 Å². The fourth-order valence-corrected chi connectivity index (χ4v) is 3.69. The van der Waals surface area contributed by atoms with Gasteiger partial charge in [0.2, 0.25) is 0 Å². The Labute approximate surface area is 147 Å². The molecule has 3 N–H and O–H groups in total. The van der Waals surface area contributed by atoms with Crippen LogP contribution in [0.4, 0.5) is 11.4 Å². The van der Waals surface area contributed by atoms with Crippen LogP contribution in [-0.4, -0.2) is 24.5 Å². The third-order valence-corrected chi connectivity index (χ3v) is 5.01. The molecule has 2 heterocycles. The van der Waals surface area contributed by atoms with Crippen LogP contribution in [0.3, 0.4) is 0 Å². The second kappa shape index (κ2) is 6.46. The third-order valence-electron chi connectivity index (χ3n) is 4.77. The molecule has 124 valence electrons. The number of anilines is 2. The Morgan fingerprint density at radius 1 is 1.00 bits per heavy atom. The minimum Gasteiger partial charge on any atom is -0.371 e. The van der Waals surface area contributed by atoms with Crippen LogP contribution in [-0.2, 0) is 6.54 Å². The highest BCUT2D eigenvalue weighted by Crippen LogP contribution is 2.35. The first-order chi connectivity index (χ1) is 11.8. The van der Waals surface area contributed by atoms with E-state index >= 15 is 0 Å². The van der Waals surface area contributed by atoms with Crippen molar-refractivity contribution in [1.29, 1.82) is 0 Å². The first-order valence-electron chi connectivity index (χ1n) is 8.40. The quantitative estimate of drug-likeness (QED) is 0.726. The van der Waals surface area contributed by atoms with Gasteiger partial charge in [-0.05, 0) is 55.8 Å². The molecule has 4 rings (SSSR count). The van der Waals surface area contributed by atoms with Gasteiger partial charge in [-0.25, -0.2) is 0 Å². The predicted molar refractivity (Wildman–Crippen MR) is 101 cm³/mol. The molecular formula is C19H21ClN4. The van der Waals surface area contributed by atoms with Crippen LogP contribution < -0.4 is 16.0 Å². The standard InChI is InChI=1S/C19H21ClN4/c20-15-5-3-4-14(12-15)13-22-18-19(8-10-21-11-9-19)24-17-7-2-1-6-16(17)23-18/h1-7,12,21,24H,8-11,13H2,(H,22,23)/i21+1. The highest BCUT2D eigenvalue weighted by atomic mass is 35.5. The van der Waals surface area contributed by atoms with Gasteiger partial charge in [0.25, 0.3) is 0 Å². The summed E-state index contributed by atoms with van der Waals surface area (Å²) in [6.45, 7) is 2.61. The predicted octanol–water partition coefficient (Wildman–Crippen LogP) is 3.90. The first-order valence-corrected chi connectivity index (χ1v) is 8.77. The lowest BCUT2D eigenvalue weighted by atomic mass is 9.85. The summed E-state index contributed by atoms with van der Waals surface area (Å²) >= 11 is 6.09. The summed E-state index contributed by atoms with van der Waals surface area (Å²) in [5, 5.41) is 11.5. The number of halogens is 1. The van der Waals surface area contributed by atoms with E-state index in [1.54, 1.807) is 0 Å². The molecule has 0 saturated carbocycles. The van der Waals surface area contributed by atoms with E-state index in [-0.39, 0.29) is 5.54 Å². The number of nitrogens with zero attached hydrogens (tertiary/aromatic N) is 1. The average molecular weight is 342 g/mol. The Morgan fingerprint density at radius 3 is 2.58 bits per heavy atom. The normalized spacial score (nSPS) is 20.3. The zero-order valence-electron chi connectivity index (χ0n) is 13.5. The summed E-state index contributed by atoms with van der Waals surface area (Å²) in [6.07, 6.45) is 2.03.